The summed E-state index contributed by atoms with van der Waals surface area (Å²) in [6, 6.07) is 19.3. The normalized spacial score (nSPS) is 21.4. The van der Waals surface area contributed by atoms with Crippen LogP contribution in [0.2, 0.25) is 5.02 Å². The molecule has 0 unspecified atom stereocenters. The molecule has 2 saturated heterocycles. The smallest absolute Gasteiger partial charge is 0.271 e. The highest BCUT2D eigenvalue weighted by atomic mass is 35.5. The molecule has 0 bridgehead atoms. The maximum absolute atomic E-state index is 13.6. The minimum Gasteiger partial charge on any atom is -0.378 e. The fourth-order valence-corrected chi connectivity index (χ4v) is 4.66. The Bertz CT molecular complexity index is 1310. The van der Waals surface area contributed by atoms with Gasteiger partial charge < -0.3 is 4.90 Å². The number of nitro groups is 1. The Kier molecular flexibility index (Phi) is 5.66. The first-order valence-electron chi connectivity index (χ1n) is 10.9. The molecule has 35 heavy (non-hydrogen) atoms. The molecule has 0 saturated carbocycles. The van der Waals surface area contributed by atoms with E-state index in [1.807, 2.05) is 43.3 Å². The average molecular weight is 493 g/mol. The highest BCUT2D eigenvalue weighted by Crippen LogP contribution is 2.48. The van der Waals surface area contributed by atoms with Crippen molar-refractivity contribution in [2.75, 3.05) is 29.0 Å². The van der Waals surface area contributed by atoms with Crippen molar-refractivity contribution in [2.24, 2.45) is 5.92 Å². The van der Waals surface area contributed by atoms with E-state index in [4.69, 9.17) is 16.4 Å². The van der Waals surface area contributed by atoms with E-state index in [9.17, 15) is 19.7 Å². The van der Waals surface area contributed by atoms with Gasteiger partial charge in [-0.3, -0.25) is 24.5 Å². The summed E-state index contributed by atoms with van der Waals surface area (Å²) in [4.78, 5) is 47.0. The first-order valence-corrected chi connectivity index (χ1v) is 11.2. The highest BCUT2D eigenvalue weighted by molar-refractivity contribution is 6.31. The van der Waals surface area contributed by atoms with Crippen LogP contribution < -0.4 is 14.9 Å². The minimum absolute atomic E-state index is 0.120. The van der Waals surface area contributed by atoms with Crippen LogP contribution in [0.25, 0.3) is 0 Å². The molecule has 178 valence electrons. The lowest BCUT2D eigenvalue weighted by Gasteiger charge is -2.29. The van der Waals surface area contributed by atoms with Crippen LogP contribution >= 0.6 is 11.6 Å². The molecule has 3 aromatic rings. The van der Waals surface area contributed by atoms with Crippen LogP contribution in [0, 0.1) is 16.0 Å². The number of halogens is 1. The van der Waals surface area contributed by atoms with Gasteiger partial charge in [-0.15, -0.1) is 0 Å². The van der Waals surface area contributed by atoms with Gasteiger partial charge in [0.25, 0.3) is 11.6 Å². The molecule has 5 rings (SSSR count). The Balaban J connectivity index is 1.58. The third kappa shape index (κ3) is 3.88. The first-order chi connectivity index (χ1) is 16.8. The Hall–Kier alpha value is -3.95. The average Bonchev–Trinajstić information content (AvgIpc) is 3.36. The van der Waals surface area contributed by atoms with Gasteiger partial charge in [0.05, 0.1) is 22.3 Å². The summed E-state index contributed by atoms with van der Waals surface area (Å²) < 4.78 is 0. The number of hydrogen-bond donors (Lipinski definition) is 0. The van der Waals surface area contributed by atoms with Crippen LogP contribution in [0.4, 0.5) is 22.7 Å². The molecule has 2 aliphatic heterocycles. The summed E-state index contributed by atoms with van der Waals surface area (Å²) in [5.41, 5.74) is 2.38. The number of carbonyl (C=O) groups is 2. The van der Waals surface area contributed by atoms with Crippen LogP contribution in [0.3, 0.4) is 0 Å². The summed E-state index contributed by atoms with van der Waals surface area (Å²) in [5, 5.41) is 13.3. The molecule has 2 amide bonds. The number of hydroxylamine groups is 1. The van der Waals surface area contributed by atoms with Gasteiger partial charge in [0.2, 0.25) is 5.91 Å². The molecule has 3 aromatic carbocycles. The van der Waals surface area contributed by atoms with E-state index in [1.165, 1.54) is 17.2 Å². The second kappa shape index (κ2) is 8.68. The molecular formula is C25H21ClN4O5. The van der Waals surface area contributed by atoms with Gasteiger partial charge in [-0.2, -0.15) is 0 Å². The van der Waals surface area contributed by atoms with Crippen LogP contribution in [0.5, 0.6) is 0 Å². The third-order valence-electron chi connectivity index (χ3n) is 6.25. The molecule has 0 spiro atoms. The number of benzene rings is 3. The zero-order valence-electron chi connectivity index (χ0n) is 18.9. The summed E-state index contributed by atoms with van der Waals surface area (Å²) in [7, 11) is 3.84. The third-order valence-corrected chi connectivity index (χ3v) is 6.50. The van der Waals surface area contributed by atoms with Crippen LogP contribution in [0.15, 0.2) is 72.8 Å². The van der Waals surface area contributed by atoms with Gasteiger partial charge >= 0.3 is 0 Å². The maximum Gasteiger partial charge on any atom is 0.271 e. The largest absolute Gasteiger partial charge is 0.378 e. The van der Waals surface area contributed by atoms with Gasteiger partial charge in [-0.25, -0.2) is 9.96 Å². The van der Waals surface area contributed by atoms with Crippen molar-refractivity contribution < 1.29 is 19.3 Å². The van der Waals surface area contributed by atoms with E-state index in [-0.39, 0.29) is 5.69 Å². The Morgan fingerprint density at radius 1 is 0.943 bits per heavy atom. The molecule has 0 radical (unpaired) electrons. The van der Waals surface area contributed by atoms with Crippen LogP contribution in [-0.2, 0) is 14.4 Å². The van der Waals surface area contributed by atoms with Crippen molar-refractivity contribution >= 4 is 46.2 Å². The van der Waals surface area contributed by atoms with Gasteiger partial charge in [0, 0.05) is 36.9 Å². The number of anilines is 3. The van der Waals surface area contributed by atoms with Crippen LogP contribution in [-0.4, -0.2) is 36.9 Å². The van der Waals surface area contributed by atoms with E-state index < -0.39 is 34.8 Å². The fraction of sp³-hybridized carbons (Fsp3) is 0.200. The predicted octanol–water partition coefficient (Wildman–Crippen LogP) is 4.37. The number of fused-ring (bicyclic) bond motifs is 1. The highest BCUT2D eigenvalue weighted by Gasteiger charge is 2.60. The molecule has 2 heterocycles. The van der Waals surface area contributed by atoms with Crippen molar-refractivity contribution in [3.8, 4) is 0 Å². The molecule has 0 aliphatic carbocycles. The lowest BCUT2D eigenvalue weighted by Crippen LogP contribution is -2.37. The summed E-state index contributed by atoms with van der Waals surface area (Å²) in [6.07, 6.45) is -1.07. The number of rotatable bonds is 5. The number of carbonyl (C=O) groups excluding carboxylic acids is 2. The van der Waals surface area contributed by atoms with Gasteiger partial charge in [0.1, 0.15) is 5.92 Å². The number of imide groups is 1. The number of nitro benzene ring substituents is 1. The Morgan fingerprint density at radius 2 is 1.63 bits per heavy atom. The number of nitrogens with zero attached hydrogens (tertiary/aromatic N) is 4. The Morgan fingerprint density at radius 3 is 2.26 bits per heavy atom. The standard InChI is InChI=1S/C25H21ClN4O5/c1-27(2)17-10-6-15(7-11-17)22-21-23(35-29(22)19-4-3-5-20(14-19)30(33)34)25(32)28(24(21)31)18-12-8-16(26)9-13-18/h3-14,21-23H,1-2H3/t21-,22-,23-/m1/s1. The zero-order valence-corrected chi connectivity index (χ0v) is 19.6. The van der Waals surface area contributed by atoms with E-state index in [2.05, 4.69) is 0 Å². The molecule has 9 nitrogen and oxygen atoms in total. The molecule has 2 fully saturated rings. The number of hydrogen-bond acceptors (Lipinski definition) is 7. The van der Waals surface area contributed by atoms with Crippen molar-refractivity contribution in [1.82, 2.24) is 0 Å². The van der Waals surface area contributed by atoms with Crippen molar-refractivity contribution in [1.29, 1.82) is 0 Å². The van der Waals surface area contributed by atoms with E-state index in [1.54, 1.807) is 36.4 Å². The molecule has 2 aliphatic rings. The van der Waals surface area contributed by atoms with E-state index in [0.717, 1.165) is 16.2 Å². The second-order valence-corrected chi connectivity index (χ2v) is 9.01. The quantitative estimate of drug-likeness (QED) is 0.296. The topological polar surface area (TPSA) is 96.2 Å². The predicted molar refractivity (Wildman–Crippen MR) is 131 cm³/mol. The molecule has 0 aromatic heterocycles. The molecule has 0 N–H and O–H groups in total. The van der Waals surface area contributed by atoms with Gasteiger partial charge in [0.15, 0.2) is 6.10 Å². The van der Waals surface area contributed by atoms with Crippen LogP contribution in [0.1, 0.15) is 11.6 Å². The second-order valence-electron chi connectivity index (χ2n) is 8.57. The van der Waals surface area contributed by atoms with Gasteiger partial charge in [-0.1, -0.05) is 29.8 Å². The lowest BCUT2D eigenvalue weighted by atomic mass is 9.90. The Labute approximate surface area is 206 Å². The maximum atomic E-state index is 13.6. The van der Waals surface area contributed by atoms with Crippen molar-refractivity contribution in [2.45, 2.75) is 12.1 Å². The summed E-state index contributed by atoms with van der Waals surface area (Å²) >= 11 is 5.98. The first kappa shape index (κ1) is 22.8. The molecule has 3 atom stereocenters. The van der Waals surface area contributed by atoms with E-state index in [0.29, 0.717) is 16.4 Å². The number of amides is 2. The monoisotopic (exact) mass is 492 g/mol. The number of non-ortho nitro benzene ring substituents is 1. The molecule has 10 heteroatoms. The fourth-order valence-electron chi connectivity index (χ4n) is 4.54. The zero-order chi connectivity index (χ0) is 24.9. The van der Waals surface area contributed by atoms with Crippen molar-refractivity contribution in [3.63, 3.8) is 0 Å². The summed E-state index contributed by atoms with van der Waals surface area (Å²) in [6.45, 7) is 0. The minimum atomic E-state index is -1.07. The summed E-state index contributed by atoms with van der Waals surface area (Å²) in [5.74, 6) is -1.75. The van der Waals surface area contributed by atoms with Gasteiger partial charge in [-0.05, 0) is 48.0 Å². The lowest BCUT2D eigenvalue weighted by molar-refractivity contribution is -0.384. The molecular weight excluding hydrogens is 472 g/mol. The van der Waals surface area contributed by atoms with E-state index >= 15 is 0 Å². The van der Waals surface area contributed by atoms with Crippen molar-refractivity contribution in [3.05, 3.63) is 93.5 Å². The SMILES string of the molecule is CN(C)c1ccc([C@@H]2[C@H]3C(=O)N(c4ccc(Cl)cc4)C(=O)[C@@H]3ON2c2cccc([N+](=O)[O-])c2)cc1.